The number of ketones is 1. The monoisotopic (exact) mass is 257 g/mol. The lowest BCUT2D eigenvalue weighted by atomic mass is 10.2. The highest BCUT2D eigenvalue weighted by Gasteiger charge is 2.23. The van der Waals surface area contributed by atoms with Crippen LogP contribution in [0.15, 0.2) is 12.1 Å². The highest BCUT2D eigenvalue weighted by atomic mass is 35.5. The van der Waals surface area contributed by atoms with Gasteiger partial charge in [0.2, 0.25) is 5.91 Å². The Labute approximate surface area is 103 Å². The molecule has 1 aliphatic carbocycles. The topological polar surface area (TPSA) is 46.2 Å². The second kappa shape index (κ2) is 4.97. The van der Waals surface area contributed by atoms with Crippen molar-refractivity contribution in [3.05, 3.63) is 21.3 Å². The Balaban J connectivity index is 1.76. The van der Waals surface area contributed by atoms with E-state index in [2.05, 4.69) is 5.32 Å². The van der Waals surface area contributed by atoms with Crippen LogP contribution in [0.5, 0.6) is 0 Å². The van der Waals surface area contributed by atoms with E-state index in [1.807, 2.05) is 0 Å². The first-order valence-electron chi connectivity index (χ1n) is 5.23. The molecule has 0 aromatic carbocycles. The van der Waals surface area contributed by atoms with Crippen LogP contribution in [-0.4, -0.2) is 17.7 Å². The lowest BCUT2D eigenvalue weighted by Crippen LogP contribution is -2.25. The molecule has 0 radical (unpaired) electrons. The van der Waals surface area contributed by atoms with Crippen LogP contribution >= 0.6 is 22.9 Å². The molecule has 0 bridgehead atoms. The van der Waals surface area contributed by atoms with Gasteiger partial charge in [0.05, 0.1) is 9.21 Å². The molecule has 1 amide bonds. The van der Waals surface area contributed by atoms with Gasteiger partial charge in [-0.15, -0.1) is 11.3 Å². The molecule has 1 aromatic heterocycles. The van der Waals surface area contributed by atoms with E-state index in [4.69, 9.17) is 11.6 Å². The minimum atomic E-state index is -0.0292. The lowest BCUT2D eigenvalue weighted by Gasteiger charge is -2.01. The summed E-state index contributed by atoms with van der Waals surface area (Å²) in [6.45, 7) is 0. The second-order valence-corrected chi connectivity index (χ2v) is 5.58. The summed E-state index contributed by atoms with van der Waals surface area (Å²) in [7, 11) is 0. The molecular weight excluding hydrogens is 246 g/mol. The zero-order valence-corrected chi connectivity index (χ0v) is 10.2. The summed E-state index contributed by atoms with van der Waals surface area (Å²) in [6.07, 6.45) is 2.67. The number of carbonyl (C=O) groups is 2. The van der Waals surface area contributed by atoms with E-state index in [1.165, 1.54) is 11.3 Å². The van der Waals surface area contributed by atoms with Gasteiger partial charge in [0.1, 0.15) is 0 Å². The number of rotatable bonds is 5. The second-order valence-electron chi connectivity index (χ2n) is 3.87. The molecule has 0 unspecified atom stereocenters. The molecule has 86 valence electrons. The van der Waals surface area contributed by atoms with Crippen molar-refractivity contribution in [1.82, 2.24) is 5.32 Å². The number of nitrogens with one attached hydrogen (secondary N) is 1. The van der Waals surface area contributed by atoms with Crippen LogP contribution in [0.2, 0.25) is 4.34 Å². The summed E-state index contributed by atoms with van der Waals surface area (Å²) < 4.78 is 0.603. The molecule has 0 spiro atoms. The SMILES string of the molecule is O=C(CCC(=O)c1ccc(Cl)s1)NC1CC1. The largest absolute Gasteiger partial charge is 0.353 e. The Morgan fingerprint density at radius 3 is 2.69 bits per heavy atom. The number of Topliss-reactive ketones (excluding diaryl/α,β-unsaturated/α-hetero) is 1. The average Bonchev–Trinajstić information content (AvgIpc) is 2.95. The van der Waals surface area contributed by atoms with E-state index in [1.54, 1.807) is 12.1 Å². The van der Waals surface area contributed by atoms with Crippen LogP contribution in [0.4, 0.5) is 0 Å². The van der Waals surface area contributed by atoms with Crippen molar-refractivity contribution < 1.29 is 9.59 Å². The van der Waals surface area contributed by atoms with Gasteiger partial charge in [-0.05, 0) is 25.0 Å². The molecule has 1 fully saturated rings. The van der Waals surface area contributed by atoms with Crippen LogP contribution < -0.4 is 5.32 Å². The fraction of sp³-hybridized carbons (Fsp3) is 0.455. The molecular formula is C11H12ClNO2S. The van der Waals surface area contributed by atoms with E-state index >= 15 is 0 Å². The average molecular weight is 258 g/mol. The Kier molecular flexibility index (Phi) is 3.61. The fourth-order valence-corrected chi connectivity index (χ4v) is 2.35. The normalized spacial score (nSPS) is 14.8. The first-order chi connectivity index (χ1) is 7.65. The van der Waals surface area contributed by atoms with E-state index < -0.39 is 0 Å². The van der Waals surface area contributed by atoms with Crippen molar-refractivity contribution in [2.45, 2.75) is 31.7 Å². The Bertz CT molecular complexity index is 412. The maximum atomic E-state index is 11.6. The predicted octanol–water partition coefficient (Wildman–Crippen LogP) is 2.64. The molecule has 1 saturated carbocycles. The quantitative estimate of drug-likeness (QED) is 0.825. The number of carbonyl (C=O) groups excluding carboxylic acids is 2. The van der Waals surface area contributed by atoms with Gasteiger partial charge in [0.25, 0.3) is 0 Å². The van der Waals surface area contributed by atoms with Crippen LogP contribution in [-0.2, 0) is 4.79 Å². The number of halogens is 1. The van der Waals surface area contributed by atoms with E-state index in [-0.39, 0.29) is 24.5 Å². The van der Waals surface area contributed by atoms with Crippen molar-refractivity contribution in [2.75, 3.05) is 0 Å². The smallest absolute Gasteiger partial charge is 0.220 e. The summed E-state index contributed by atoms with van der Waals surface area (Å²) >= 11 is 6.99. The molecule has 0 atom stereocenters. The Morgan fingerprint density at radius 1 is 1.38 bits per heavy atom. The zero-order chi connectivity index (χ0) is 11.5. The molecule has 1 heterocycles. The third-order valence-electron chi connectivity index (χ3n) is 2.37. The molecule has 16 heavy (non-hydrogen) atoms. The van der Waals surface area contributed by atoms with Crippen molar-refractivity contribution in [3.8, 4) is 0 Å². The number of hydrogen-bond acceptors (Lipinski definition) is 3. The van der Waals surface area contributed by atoms with Gasteiger partial charge in [-0.3, -0.25) is 9.59 Å². The highest BCUT2D eigenvalue weighted by Crippen LogP contribution is 2.23. The van der Waals surface area contributed by atoms with E-state index in [0.29, 0.717) is 15.3 Å². The Morgan fingerprint density at radius 2 is 2.12 bits per heavy atom. The summed E-state index contributed by atoms with van der Waals surface area (Å²) in [5.74, 6) is -0.0404. The van der Waals surface area contributed by atoms with Gasteiger partial charge >= 0.3 is 0 Å². The lowest BCUT2D eigenvalue weighted by molar-refractivity contribution is -0.121. The number of amides is 1. The third-order valence-corrected chi connectivity index (χ3v) is 3.64. The molecule has 3 nitrogen and oxygen atoms in total. The summed E-state index contributed by atoms with van der Waals surface area (Å²) in [5.41, 5.74) is 0. The van der Waals surface area contributed by atoms with Gasteiger partial charge in [0, 0.05) is 18.9 Å². The molecule has 0 saturated heterocycles. The van der Waals surface area contributed by atoms with Crippen molar-refractivity contribution in [2.24, 2.45) is 0 Å². The standard InChI is InChI=1S/C11H12ClNO2S/c12-10-5-4-9(16-10)8(14)3-6-11(15)13-7-1-2-7/h4-5,7H,1-3,6H2,(H,13,15). The highest BCUT2D eigenvalue weighted by molar-refractivity contribution is 7.18. The molecule has 0 aliphatic heterocycles. The van der Waals surface area contributed by atoms with E-state index in [0.717, 1.165) is 12.8 Å². The predicted molar refractivity (Wildman–Crippen MR) is 64.1 cm³/mol. The van der Waals surface area contributed by atoms with Gasteiger partial charge in [0.15, 0.2) is 5.78 Å². The summed E-state index contributed by atoms with van der Waals surface area (Å²) in [5, 5.41) is 2.85. The summed E-state index contributed by atoms with van der Waals surface area (Å²) in [6, 6.07) is 3.76. The van der Waals surface area contributed by atoms with Crippen LogP contribution in [0.3, 0.4) is 0 Å². The Hall–Kier alpha value is -0.870. The maximum Gasteiger partial charge on any atom is 0.220 e. The van der Waals surface area contributed by atoms with Gasteiger partial charge in [-0.1, -0.05) is 11.6 Å². The minimum absolute atomic E-state index is 0.0113. The van der Waals surface area contributed by atoms with Crippen LogP contribution in [0.1, 0.15) is 35.4 Å². The first-order valence-corrected chi connectivity index (χ1v) is 6.42. The number of hydrogen-bond donors (Lipinski definition) is 1. The molecule has 5 heteroatoms. The van der Waals surface area contributed by atoms with Crippen molar-refractivity contribution in [3.63, 3.8) is 0 Å². The molecule has 1 aromatic rings. The molecule has 2 rings (SSSR count). The zero-order valence-electron chi connectivity index (χ0n) is 8.66. The van der Waals surface area contributed by atoms with E-state index in [9.17, 15) is 9.59 Å². The fourth-order valence-electron chi connectivity index (χ4n) is 1.34. The van der Waals surface area contributed by atoms with Crippen molar-refractivity contribution in [1.29, 1.82) is 0 Å². The molecule has 1 N–H and O–H groups in total. The van der Waals surface area contributed by atoms with Crippen LogP contribution in [0.25, 0.3) is 0 Å². The number of thiophene rings is 1. The van der Waals surface area contributed by atoms with Gasteiger partial charge in [-0.25, -0.2) is 0 Å². The van der Waals surface area contributed by atoms with Crippen LogP contribution in [0, 0.1) is 0 Å². The van der Waals surface area contributed by atoms with Gasteiger partial charge in [-0.2, -0.15) is 0 Å². The van der Waals surface area contributed by atoms with Crippen molar-refractivity contribution >= 4 is 34.6 Å². The minimum Gasteiger partial charge on any atom is -0.353 e. The maximum absolute atomic E-state index is 11.6. The molecule has 1 aliphatic rings. The summed E-state index contributed by atoms with van der Waals surface area (Å²) in [4.78, 5) is 23.6. The van der Waals surface area contributed by atoms with Gasteiger partial charge < -0.3 is 5.32 Å². The third kappa shape index (κ3) is 3.32. The first kappa shape index (κ1) is 11.6.